The molecule has 2 amide bonds. The van der Waals surface area contributed by atoms with Crippen molar-refractivity contribution in [3.8, 4) is 5.75 Å². The molecule has 1 rings (SSSR count). The van der Waals surface area contributed by atoms with Gasteiger partial charge in [-0.2, -0.15) is 0 Å². The van der Waals surface area contributed by atoms with E-state index in [2.05, 4.69) is 26.8 Å². The predicted molar refractivity (Wildman–Crippen MR) is 77.5 cm³/mol. The first-order valence-corrected chi connectivity index (χ1v) is 6.65. The molecule has 0 aliphatic rings. The molecule has 0 saturated carbocycles. The van der Waals surface area contributed by atoms with Crippen LogP contribution in [0.1, 0.15) is 31.1 Å². The number of amides is 2. The SMILES string of the molecule is COc1cc(C(=O)NNC(=O)OC(C)(C)C)ccc1Br. The average molecular weight is 345 g/mol. The third kappa shape index (κ3) is 5.08. The van der Waals surface area contributed by atoms with Crippen molar-refractivity contribution >= 4 is 27.9 Å². The second kappa shape index (κ2) is 6.60. The molecule has 0 saturated heterocycles. The molecule has 0 spiro atoms. The van der Waals surface area contributed by atoms with E-state index in [0.717, 1.165) is 4.47 Å². The standard InChI is InChI=1S/C13H17BrN2O4/c1-13(2,3)20-12(18)16-15-11(17)8-5-6-9(14)10(7-8)19-4/h5-7H,1-4H3,(H,15,17)(H,16,18). The number of ether oxygens (including phenoxy) is 2. The van der Waals surface area contributed by atoms with Crippen LogP contribution in [0.2, 0.25) is 0 Å². The number of hydrogen-bond acceptors (Lipinski definition) is 4. The van der Waals surface area contributed by atoms with E-state index in [1.165, 1.54) is 7.11 Å². The van der Waals surface area contributed by atoms with Gasteiger partial charge in [-0.05, 0) is 54.9 Å². The average Bonchev–Trinajstić information content (AvgIpc) is 2.34. The van der Waals surface area contributed by atoms with Gasteiger partial charge in [0.15, 0.2) is 0 Å². The lowest BCUT2D eigenvalue weighted by atomic mass is 10.2. The smallest absolute Gasteiger partial charge is 0.426 e. The maximum Gasteiger partial charge on any atom is 0.426 e. The summed E-state index contributed by atoms with van der Waals surface area (Å²) in [5.41, 5.74) is 4.15. The second-order valence-electron chi connectivity index (χ2n) is 4.93. The lowest BCUT2D eigenvalue weighted by molar-refractivity contribution is 0.0483. The summed E-state index contributed by atoms with van der Waals surface area (Å²) in [6.45, 7) is 5.19. The highest BCUT2D eigenvalue weighted by Gasteiger charge is 2.17. The highest BCUT2D eigenvalue weighted by Crippen LogP contribution is 2.25. The third-order valence-corrected chi connectivity index (χ3v) is 2.75. The molecule has 110 valence electrons. The van der Waals surface area contributed by atoms with Gasteiger partial charge in [0, 0.05) is 5.56 Å². The van der Waals surface area contributed by atoms with Gasteiger partial charge in [0.1, 0.15) is 11.4 Å². The van der Waals surface area contributed by atoms with Gasteiger partial charge in [-0.25, -0.2) is 10.2 Å². The van der Waals surface area contributed by atoms with Crippen LogP contribution in [0.4, 0.5) is 4.79 Å². The number of rotatable bonds is 2. The van der Waals surface area contributed by atoms with Gasteiger partial charge in [-0.1, -0.05) is 0 Å². The number of halogens is 1. The van der Waals surface area contributed by atoms with Crippen molar-refractivity contribution in [3.05, 3.63) is 28.2 Å². The molecule has 0 heterocycles. The van der Waals surface area contributed by atoms with Gasteiger partial charge in [0.05, 0.1) is 11.6 Å². The van der Waals surface area contributed by atoms with Crippen molar-refractivity contribution in [2.45, 2.75) is 26.4 Å². The zero-order valence-electron chi connectivity index (χ0n) is 11.7. The van der Waals surface area contributed by atoms with Crippen LogP contribution in [0.5, 0.6) is 5.75 Å². The van der Waals surface area contributed by atoms with Crippen LogP contribution in [0.3, 0.4) is 0 Å². The highest BCUT2D eigenvalue weighted by atomic mass is 79.9. The lowest BCUT2D eigenvalue weighted by Crippen LogP contribution is -2.44. The van der Waals surface area contributed by atoms with Crippen molar-refractivity contribution in [3.63, 3.8) is 0 Å². The van der Waals surface area contributed by atoms with Gasteiger partial charge in [0.2, 0.25) is 0 Å². The molecular formula is C13H17BrN2O4. The minimum absolute atomic E-state index is 0.348. The number of carbonyl (C=O) groups is 2. The molecule has 20 heavy (non-hydrogen) atoms. The van der Waals surface area contributed by atoms with Crippen molar-refractivity contribution in [2.75, 3.05) is 7.11 Å². The molecule has 0 bridgehead atoms. The highest BCUT2D eigenvalue weighted by molar-refractivity contribution is 9.10. The number of methoxy groups -OCH3 is 1. The zero-order valence-corrected chi connectivity index (χ0v) is 13.3. The third-order valence-electron chi connectivity index (χ3n) is 2.09. The molecule has 0 fully saturated rings. The molecule has 0 radical (unpaired) electrons. The summed E-state index contributed by atoms with van der Waals surface area (Å²) >= 11 is 3.29. The zero-order chi connectivity index (χ0) is 15.3. The van der Waals surface area contributed by atoms with E-state index >= 15 is 0 Å². The molecule has 1 aromatic carbocycles. The van der Waals surface area contributed by atoms with E-state index in [-0.39, 0.29) is 0 Å². The van der Waals surface area contributed by atoms with E-state index in [4.69, 9.17) is 9.47 Å². The molecule has 0 aromatic heterocycles. The molecular weight excluding hydrogens is 328 g/mol. The summed E-state index contributed by atoms with van der Waals surface area (Å²) in [4.78, 5) is 23.2. The second-order valence-corrected chi connectivity index (χ2v) is 5.78. The Kier molecular flexibility index (Phi) is 5.38. The number of benzene rings is 1. The van der Waals surface area contributed by atoms with E-state index in [1.807, 2.05) is 0 Å². The Hall–Kier alpha value is -1.76. The predicted octanol–water partition coefficient (Wildman–Crippen LogP) is 2.63. The first kappa shape index (κ1) is 16.3. The summed E-state index contributed by atoms with van der Waals surface area (Å²) in [5.74, 6) is 0.0524. The molecule has 0 unspecified atom stereocenters. The van der Waals surface area contributed by atoms with Gasteiger partial charge in [0.25, 0.3) is 5.91 Å². The molecule has 0 aliphatic carbocycles. The van der Waals surface area contributed by atoms with Crippen LogP contribution >= 0.6 is 15.9 Å². The fraction of sp³-hybridized carbons (Fsp3) is 0.385. The molecule has 6 nitrogen and oxygen atoms in total. The van der Waals surface area contributed by atoms with Crippen LogP contribution in [0.25, 0.3) is 0 Å². The normalized spacial score (nSPS) is 10.7. The monoisotopic (exact) mass is 344 g/mol. The van der Waals surface area contributed by atoms with E-state index in [1.54, 1.807) is 39.0 Å². The Labute approximate surface area is 125 Å². The maximum absolute atomic E-state index is 11.8. The first-order chi connectivity index (χ1) is 9.23. The van der Waals surface area contributed by atoms with Gasteiger partial charge in [-0.3, -0.25) is 10.2 Å². The van der Waals surface area contributed by atoms with Crippen molar-refractivity contribution in [1.82, 2.24) is 10.9 Å². The van der Waals surface area contributed by atoms with E-state index in [0.29, 0.717) is 11.3 Å². The molecule has 0 atom stereocenters. The van der Waals surface area contributed by atoms with Crippen molar-refractivity contribution < 1.29 is 19.1 Å². The molecule has 0 aliphatic heterocycles. The van der Waals surface area contributed by atoms with Gasteiger partial charge >= 0.3 is 6.09 Å². The Morgan fingerprint density at radius 3 is 2.40 bits per heavy atom. The van der Waals surface area contributed by atoms with Gasteiger partial charge < -0.3 is 9.47 Å². The van der Waals surface area contributed by atoms with E-state index in [9.17, 15) is 9.59 Å². The Bertz CT molecular complexity index is 512. The number of hydrazine groups is 1. The van der Waals surface area contributed by atoms with Crippen LogP contribution in [-0.4, -0.2) is 24.7 Å². The fourth-order valence-corrected chi connectivity index (χ4v) is 1.69. The van der Waals surface area contributed by atoms with E-state index < -0.39 is 17.6 Å². The quantitative estimate of drug-likeness (QED) is 0.808. The number of hydrogen-bond donors (Lipinski definition) is 2. The minimum atomic E-state index is -0.727. The fourth-order valence-electron chi connectivity index (χ4n) is 1.28. The van der Waals surface area contributed by atoms with Crippen molar-refractivity contribution in [2.24, 2.45) is 0 Å². The number of nitrogens with one attached hydrogen (secondary N) is 2. The molecule has 7 heteroatoms. The van der Waals surface area contributed by atoms with Crippen LogP contribution in [0.15, 0.2) is 22.7 Å². The molecule has 2 N–H and O–H groups in total. The van der Waals surface area contributed by atoms with Crippen LogP contribution in [0, 0.1) is 0 Å². The van der Waals surface area contributed by atoms with Crippen LogP contribution < -0.4 is 15.6 Å². The first-order valence-electron chi connectivity index (χ1n) is 5.86. The Morgan fingerprint density at radius 1 is 1.20 bits per heavy atom. The van der Waals surface area contributed by atoms with Crippen LogP contribution in [-0.2, 0) is 4.74 Å². The number of carbonyl (C=O) groups excluding carboxylic acids is 2. The summed E-state index contributed by atoms with van der Waals surface area (Å²) in [5, 5.41) is 0. The summed E-state index contributed by atoms with van der Waals surface area (Å²) in [7, 11) is 1.50. The van der Waals surface area contributed by atoms with Crippen molar-refractivity contribution in [1.29, 1.82) is 0 Å². The molecule has 1 aromatic rings. The summed E-state index contributed by atoms with van der Waals surface area (Å²) < 4.78 is 10.8. The lowest BCUT2D eigenvalue weighted by Gasteiger charge is -2.19. The largest absolute Gasteiger partial charge is 0.496 e. The Morgan fingerprint density at radius 2 is 1.85 bits per heavy atom. The minimum Gasteiger partial charge on any atom is -0.496 e. The Balaban J connectivity index is 2.61. The maximum atomic E-state index is 11.8. The van der Waals surface area contributed by atoms with Gasteiger partial charge in [-0.15, -0.1) is 0 Å². The topological polar surface area (TPSA) is 76.7 Å². The summed E-state index contributed by atoms with van der Waals surface area (Å²) in [6, 6.07) is 4.83. The summed E-state index contributed by atoms with van der Waals surface area (Å²) in [6.07, 6.45) is -0.727.